The summed E-state index contributed by atoms with van der Waals surface area (Å²) in [6.07, 6.45) is 2.30. The molecule has 1 N–H and O–H groups in total. The first-order valence-corrected chi connectivity index (χ1v) is 15.8. The van der Waals surface area contributed by atoms with E-state index in [1.54, 1.807) is 28.4 Å². The van der Waals surface area contributed by atoms with Crippen LogP contribution in [-0.2, 0) is 14.3 Å². The van der Waals surface area contributed by atoms with Crippen LogP contribution in [0.5, 0.6) is 0 Å². The molecule has 3 aliphatic heterocycles. The van der Waals surface area contributed by atoms with Crippen molar-refractivity contribution in [1.29, 1.82) is 0 Å². The Balaban J connectivity index is 1.30. The summed E-state index contributed by atoms with van der Waals surface area (Å²) in [7, 11) is 2.14. The molecule has 0 bridgehead atoms. The molecule has 0 unspecified atom stereocenters. The number of amides is 2. The van der Waals surface area contributed by atoms with Gasteiger partial charge in [-0.1, -0.05) is 46.2 Å². The molecule has 5 rings (SSSR count). The summed E-state index contributed by atoms with van der Waals surface area (Å²) in [5.74, 6) is -0.415. The van der Waals surface area contributed by atoms with Gasteiger partial charge in [0.05, 0.1) is 11.8 Å². The van der Waals surface area contributed by atoms with Crippen molar-refractivity contribution in [2.24, 2.45) is 11.3 Å². The van der Waals surface area contributed by atoms with Gasteiger partial charge in [-0.15, -0.1) is 11.3 Å². The molecule has 2 aromatic rings. The smallest absolute Gasteiger partial charge is 0.251 e. The van der Waals surface area contributed by atoms with E-state index in [-0.39, 0.29) is 36.2 Å². The largest absolute Gasteiger partial charge is 0.367 e. The molecule has 0 spiro atoms. The Hall–Kier alpha value is -2.82. The van der Waals surface area contributed by atoms with Gasteiger partial charge in [0.15, 0.2) is 10.9 Å². The number of Topliss-reactive ketones (excluding diaryl/α,β-unsaturated/α-hetero) is 1. The van der Waals surface area contributed by atoms with Gasteiger partial charge in [-0.25, -0.2) is 4.98 Å². The van der Waals surface area contributed by atoms with Crippen LogP contribution in [0, 0.1) is 11.3 Å². The minimum atomic E-state index is -0.765. The summed E-state index contributed by atoms with van der Waals surface area (Å²) in [5.41, 5.74) is 1.82. The van der Waals surface area contributed by atoms with Crippen LogP contribution in [0.3, 0.4) is 0 Å². The van der Waals surface area contributed by atoms with Crippen LogP contribution in [-0.4, -0.2) is 96.9 Å². The first-order chi connectivity index (χ1) is 19.6. The van der Waals surface area contributed by atoms with Crippen molar-refractivity contribution in [3.63, 3.8) is 0 Å². The van der Waals surface area contributed by atoms with Crippen molar-refractivity contribution in [3.05, 3.63) is 35.2 Å². The number of ether oxygens (including phenoxy) is 1. The van der Waals surface area contributed by atoms with E-state index >= 15 is 0 Å². The van der Waals surface area contributed by atoms with Gasteiger partial charge in [0.2, 0.25) is 5.91 Å². The average molecular weight is 582 g/mol. The lowest BCUT2D eigenvalue weighted by Crippen LogP contribution is -2.57. The maximum absolute atomic E-state index is 14.0. The van der Waals surface area contributed by atoms with Crippen molar-refractivity contribution >= 4 is 34.1 Å². The predicted molar refractivity (Wildman–Crippen MR) is 161 cm³/mol. The maximum atomic E-state index is 14.0. The zero-order chi connectivity index (χ0) is 29.3. The van der Waals surface area contributed by atoms with Gasteiger partial charge >= 0.3 is 0 Å². The number of aromatic nitrogens is 1. The summed E-state index contributed by atoms with van der Waals surface area (Å²) >= 11 is 1.64. The Morgan fingerprint density at radius 2 is 1.85 bits per heavy atom. The molecule has 0 aliphatic carbocycles. The standard InChI is InChI=1S/C31H43N5O4S/c1-6-8-22-17-36(25-24(37)18-40-26(22)25)29(39)27(31(3,4)7-2)33-28(38)21-11-9-20(10-12-21)23-19-41-30(32-23)35-15-13-34(5)14-16-35/h9-12,19,22,25-27H,6-8,13-18H2,1-5H3,(H,33,38)/t22-,25+,26+,27+/m0/s1. The molecule has 3 saturated heterocycles. The van der Waals surface area contributed by atoms with Crippen LogP contribution < -0.4 is 10.2 Å². The molecular weight excluding hydrogens is 538 g/mol. The van der Waals surface area contributed by atoms with Gasteiger partial charge in [0.1, 0.15) is 18.7 Å². The normalized spacial score (nSPS) is 24.0. The fourth-order valence-electron chi connectivity index (χ4n) is 6.11. The fraction of sp³-hybridized carbons (Fsp3) is 0.613. The van der Waals surface area contributed by atoms with Gasteiger partial charge in [-0.2, -0.15) is 0 Å². The number of thiazole rings is 1. The fourth-order valence-corrected chi connectivity index (χ4v) is 7.00. The molecule has 2 amide bonds. The molecule has 0 saturated carbocycles. The minimum absolute atomic E-state index is 0.0465. The molecule has 4 atom stereocenters. The Bertz CT molecular complexity index is 1250. The number of hydrogen-bond donors (Lipinski definition) is 1. The number of anilines is 1. The van der Waals surface area contributed by atoms with E-state index in [9.17, 15) is 14.4 Å². The number of likely N-dealkylation sites (tertiary alicyclic amines) is 1. The molecule has 3 fully saturated rings. The van der Waals surface area contributed by atoms with Gasteiger partial charge in [-0.3, -0.25) is 14.4 Å². The Kier molecular flexibility index (Phi) is 8.82. The van der Waals surface area contributed by atoms with Crippen LogP contribution in [0.25, 0.3) is 11.3 Å². The number of carbonyl (C=O) groups excluding carboxylic acids is 3. The highest BCUT2D eigenvalue weighted by molar-refractivity contribution is 7.14. The Morgan fingerprint density at radius 1 is 1.15 bits per heavy atom. The maximum Gasteiger partial charge on any atom is 0.251 e. The summed E-state index contributed by atoms with van der Waals surface area (Å²) in [6, 6.07) is 6.08. The summed E-state index contributed by atoms with van der Waals surface area (Å²) in [5, 5.41) is 6.13. The van der Waals surface area contributed by atoms with E-state index in [0.29, 0.717) is 18.5 Å². The predicted octanol–water partition coefficient (Wildman–Crippen LogP) is 3.69. The summed E-state index contributed by atoms with van der Waals surface area (Å²) < 4.78 is 5.82. The molecule has 10 heteroatoms. The monoisotopic (exact) mass is 581 g/mol. The molecule has 9 nitrogen and oxygen atoms in total. The number of hydrogen-bond acceptors (Lipinski definition) is 8. The van der Waals surface area contributed by atoms with Gasteiger partial charge in [0, 0.05) is 55.1 Å². The zero-order valence-corrected chi connectivity index (χ0v) is 25.7. The van der Waals surface area contributed by atoms with Gasteiger partial charge < -0.3 is 24.8 Å². The zero-order valence-electron chi connectivity index (χ0n) is 24.9. The first-order valence-electron chi connectivity index (χ1n) is 14.9. The number of carbonyl (C=O) groups is 3. The molecule has 4 heterocycles. The number of piperazine rings is 1. The summed E-state index contributed by atoms with van der Waals surface area (Å²) in [6.45, 7) is 12.6. The van der Waals surface area contributed by atoms with Crippen molar-refractivity contribution in [1.82, 2.24) is 20.1 Å². The lowest BCUT2D eigenvalue weighted by molar-refractivity contribution is -0.140. The van der Waals surface area contributed by atoms with Crippen LogP contribution in [0.2, 0.25) is 0 Å². The Morgan fingerprint density at radius 3 is 2.51 bits per heavy atom. The van der Waals surface area contributed by atoms with Crippen LogP contribution in [0.15, 0.2) is 29.6 Å². The van der Waals surface area contributed by atoms with Crippen LogP contribution in [0.4, 0.5) is 5.13 Å². The second-order valence-corrected chi connectivity index (χ2v) is 13.2. The number of nitrogens with one attached hydrogen (secondary N) is 1. The quantitative estimate of drug-likeness (QED) is 0.483. The Labute approximate surface area is 247 Å². The van der Waals surface area contributed by atoms with Gasteiger partial charge in [0.25, 0.3) is 5.91 Å². The third kappa shape index (κ3) is 6.05. The highest BCUT2D eigenvalue weighted by atomic mass is 32.1. The average Bonchev–Trinajstić information content (AvgIpc) is 3.70. The van der Waals surface area contributed by atoms with Crippen molar-refractivity contribution in [3.8, 4) is 11.3 Å². The van der Waals surface area contributed by atoms with Crippen molar-refractivity contribution in [2.45, 2.75) is 65.1 Å². The minimum Gasteiger partial charge on any atom is -0.367 e. The number of fused-ring (bicyclic) bond motifs is 1. The second-order valence-electron chi connectivity index (χ2n) is 12.4. The molecule has 0 radical (unpaired) electrons. The number of likely N-dealkylation sites (N-methyl/N-ethyl adjacent to an activating group) is 1. The number of nitrogens with zero attached hydrogens (tertiary/aromatic N) is 4. The third-order valence-corrected chi connectivity index (χ3v) is 10.1. The van der Waals surface area contributed by atoms with E-state index in [1.165, 1.54) is 0 Å². The highest BCUT2D eigenvalue weighted by Crippen LogP contribution is 2.37. The van der Waals surface area contributed by atoms with E-state index in [0.717, 1.165) is 55.4 Å². The number of ketones is 1. The number of benzene rings is 1. The molecule has 1 aromatic heterocycles. The number of rotatable bonds is 9. The van der Waals surface area contributed by atoms with E-state index in [2.05, 4.69) is 34.5 Å². The van der Waals surface area contributed by atoms with E-state index in [4.69, 9.17) is 9.72 Å². The van der Waals surface area contributed by atoms with Crippen molar-refractivity contribution < 1.29 is 19.1 Å². The van der Waals surface area contributed by atoms with E-state index < -0.39 is 17.5 Å². The highest BCUT2D eigenvalue weighted by Gasteiger charge is 2.53. The van der Waals surface area contributed by atoms with Crippen molar-refractivity contribution in [2.75, 3.05) is 51.3 Å². The lowest BCUT2D eigenvalue weighted by atomic mass is 9.80. The topological polar surface area (TPSA) is 95.1 Å². The van der Waals surface area contributed by atoms with Crippen LogP contribution in [0.1, 0.15) is 57.3 Å². The molecular formula is C31H43N5O4S. The SMILES string of the molecule is CCC[C@H]1CN(C(=O)[C@@H](NC(=O)c2ccc(-c3csc(N4CCN(C)CC4)n3)cc2)C(C)(C)CC)[C@@H]2C(=O)CO[C@H]12. The van der Waals surface area contributed by atoms with Gasteiger partial charge in [-0.05, 0) is 37.4 Å². The first kappa shape index (κ1) is 29.7. The molecule has 1 aromatic carbocycles. The molecule has 222 valence electrons. The third-order valence-electron chi connectivity index (χ3n) is 9.16. The summed E-state index contributed by atoms with van der Waals surface area (Å²) in [4.78, 5) is 51.4. The second kappa shape index (κ2) is 12.2. The molecule has 3 aliphatic rings. The lowest BCUT2D eigenvalue weighted by Gasteiger charge is -2.36. The van der Waals surface area contributed by atoms with E-state index in [1.807, 2.05) is 32.9 Å². The molecule has 41 heavy (non-hydrogen) atoms. The van der Waals surface area contributed by atoms with Crippen LogP contribution >= 0.6 is 11.3 Å².